The normalized spacial score (nSPS) is 13.8. The van der Waals surface area contributed by atoms with Crippen molar-refractivity contribution >= 4 is 79.8 Å². The molecule has 574 valence electrons. The average Bonchev–Trinajstić information content (AvgIpc) is 1.52. The van der Waals surface area contributed by atoms with Gasteiger partial charge in [0.15, 0.2) is 22.6 Å². The first-order chi connectivity index (χ1) is 49.7. The van der Waals surface area contributed by atoms with Crippen molar-refractivity contribution in [1.29, 1.82) is 0 Å². The molecule has 4 N–H and O–H groups in total. The number of benzene rings is 4. The largest absolute Gasteiger partial charge is 0.657 e. The van der Waals surface area contributed by atoms with Gasteiger partial charge in [0.25, 0.3) is 0 Å². The van der Waals surface area contributed by atoms with Gasteiger partial charge in [-0.15, -0.1) is 18.4 Å². The van der Waals surface area contributed by atoms with Crippen molar-refractivity contribution in [2.24, 2.45) is 4.99 Å². The van der Waals surface area contributed by atoms with Crippen LogP contribution in [0.3, 0.4) is 0 Å². The zero-order chi connectivity index (χ0) is 76.7. The van der Waals surface area contributed by atoms with Gasteiger partial charge in [-0.1, -0.05) is 91.8 Å². The van der Waals surface area contributed by atoms with Crippen LogP contribution in [0.15, 0.2) is 103 Å². The molecule has 0 radical (unpaired) electrons. The smallest absolute Gasteiger partial charge is 0.242 e. The molecular formula is C80H108FeN12O8S5. The molecule has 0 aliphatic carbocycles. The second-order valence-corrected chi connectivity index (χ2v) is 35.6. The molecule has 6 heterocycles. The van der Waals surface area contributed by atoms with Crippen molar-refractivity contribution in [2.75, 3.05) is 105 Å². The summed E-state index contributed by atoms with van der Waals surface area (Å²) in [6.45, 7) is 47.9. The maximum atomic E-state index is 15.2. The van der Waals surface area contributed by atoms with Crippen LogP contribution in [0.1, 0.15) is 150 Å². The fourth-order valence-corrected chi connectivity index (χ4v) is 23.4. The minimum absolute atomic E-state index is 0. The summed E-state index contributed by atoms with van der Waals surface area (Å²) in [6.07, 6.45) is 3.86. The Hall–Kier alpha value is -6.30. The summed E-state index contributed by atoms with van der Waals surface area (Å²) in [4.78, 5) is 20.7. The van der Waals surface area contributed by atoms with Crippen LogP contribution in [0.5, 0.6) is 0 Å². The van der Waals surface area contributed by atoms with Gasteiger partial charge in [-0.3, -0.25) is 0 Å². The third-order valence-corrected chi connectivity index (χ3v) is 29.4. The summed E-state index contributed by atoms with van der Waals surface area (Å²) in [5.74, 6) is 0. The maximum absolute atomic E-state index is 15.2. The van der Waals surface area contributed by atoms with Crippen LogP contribution in [-0.2, 0) is 57.2 Å². The predicted molar refractivity (Wildman–Crippen MR) is 427 cm³/mol. The summed E-state index contributed by atoms with van der Waals surface area (Å²) in [7, 11) is -16.6. The van der Waals surface area contributed by atoms with Gasteiger partial charge in [-0.25, -0.2) is 57.6 Å². The maximum Gasteiger partial charge on any atom is 0.242 e. The molecule has 2 aromatic heterocycles. The molecule has 0 fully saturated rings. The van der Waals surface area contributed by atoms with E-state index in [1.165, 1.54) is 11.7 Å². The monoisotopic (exact) mass is 1580 g/mol. The Kier molecular flexibility index (Phi) is 26.8. The van der Waals surface area contributed by atoms with E-state index in [9.17, 15) is 0 Å². The molecule has 0 spiro atoms. The van der Waals surface area contributed by atoms with Gasteiger partial charge in [-0.2, -0.15) is 0 Å². The topological polar surface area (TPSA) is 232 Å². The first-order valence-electron chi connectivity index (χ1n) is 36.9. The van der Waals surface area contributed by atoms with Gasteiger partial charge in [0, 0.05) is 75.0 Å². The third-order valence-electron chi connectivity index (χ3n) is 21.3. The number of likely N-dealkylation sites (N-methyl/N-ethyl adjacent to an activating group) is 4. The Morgan fingerprint density at radius 1 is 0.406 bits per heavy atom. The quantitative estimate of drug-likeness (QED) is 0.0227. The van der Waals surface area contributed by atoms with E-state index in [0.717, 1.165) is 74.6 Å². The number of nitrogens with zero attached hydrogens (tertiary/aromatic N) is 8. The molecule has 26 heteroatoms. The molecule has 0 unspecified atom stereocenters. The van der Waals surface area contributed by atoms with Crippen molar-refractivity contribution in [2.45, 2.75) is 158 Å². The van der Waals surface area contributed by atoms with Crippen LogP contribution in [0.2, 0.25) is 0 Å². The number of aryl methyl sites for hydroxylation is 8. The Bertz CT molecular complexity index is 5380. The van der Waals surface area contributed by atoms with Gasteiger partial charge in [0.1, 0.15) is 0 Å². The molecule has 0 saturated carbocycles. The second kappa shape index (κ2) is 33.9. The molecule has 4 aliphatic rings. The number of hydrogen-bond donors (Lipinski definition) is 4. The summed E-state index contributed by atoms with van der Waals surface area (Å²) in [5.41, 5.74) is 16.0. The molecule has 10 rings (SSSR count). The molecule has 20 nitrogen and oxygen atoms in total. The molecule has 0 saturated heterocycles. The minimum Gasteiger partial charge on any atom is -0.657 e. The van der Waals surface area contributed by atoms with Crippen molar-refractivity contribution in [3.8, 4) is 16.8 Å². The number of rotatable bonds is 32. The van der Waals surface area contributed by atoms with Crippen molar-refractivity contribution in [3.63, 3.8) is 0 Å². The molecule has 6 bridgehead atoms. The van der Waals surface area contributed by atoms with Gasteiger partial charge >= 0.3 is 0 Å². The van der Waals surface area contributed by atoms with E-state index in [1.807, 2.05) is 170 Å². The number of nitrogens with one attached hydrogen (secondary N) is 4. The predicted octanol–water partition coefficient (Wildman–Crippen LogP) is 9.75. The van der Waals surface area contributed by atoms with Gasteiger partial charge < -0.3 is 24.6 Å². The third kappa shape index (κ3) is 16.2. The van der Waals surface area contributed by atoms with Gasteiger partial charge in [-0.05, 0) is 266 Å². The molecule has 4 aromatic carbocycles. The van der Waals surface area contributed by atoms with Crippen LogP contribution in [0.25, 0.3) is 39.1 Å². The zero-order valence-electron chi connectivity index (χ0n) is 65.5. The number of fused-ring (bicyclic) bond motifs is 3. The van der Waals surface area contributed by atoms with E-state index in [-0.39, 0.29) is 62.8 Å². The minimum atomic E-state index is -4.18. The summed E-state index contributed by atoms with van der Waals surface area (Å²) in [5, 5.41) is 0.943. The van der Waals surface area contributed by atoms with Gasteiger partial charge in [0.2, 0.25) is 51.8 Å². The van der Waals surface area contributed by atoms with E-state index in [0.29, 0.717) is 160 Å². The molecule has 106 heavy (non-hydrogen) atoms. The standard InChI is InChI=1S/C80H108N12O8S5.Fe/c1-21-87(22-2)41-37-81-102(93,94)77-53(13)45-49(9)69(57(77)17)73-61-29-31-63(85-61)74(70-50(10)46-54(14)78(58(70)18)103(95,96)82-38-42-88(23-3)24-4)65-33-35-67-76(72-52(12)48-56(16)80(60(72)20)105(99,100)84-40-44-90(27-7)28-8)68-36-34-66(92(68)101-91(65)67)75(64-32-30-62(73)86-64)71-51(11)47-55(15)79(59(71)19)104(97,98)83-39-43-89(25-5)26-6;/h29-36,45-48,81-84H,21-28,37-44H2,1-20H3;. The number of allylic oxidation sites excluding steroid dienone is 2. The van der Waals surface area contributed by atoms with Crippen LogP contribution >= 0.6 is 11.7 Å². The Labute approximate surface area is 645 Å². The van der Waals surface area contributed by atoms with Crippen LogP contribution in [-0.4, -0.2) is 167 Å². The Balaban J connectivity index is 0.0000130. The first-order valence-corrected chi connectivity index (χ1v) is 43.6. The van der Waals surface area contributed by atoms with Crippen molar-refractivity contribution in [3.05, 3.63) is 184 Å². The molecule has 4 aliphatic heterocycles. The van der Waals surface area contributed by atoms with E-state index in [2.05, 4.69) is 87.8 Å². The number of aromatic nitrogens is 3. The van der Waals surface area contributed by atoms with Crippen LogP contribution < -0.4 is 38.5 Å². The summed E-state index contributed by atoms with van der Waals surface area (Å²) < 4.78 is 137. The number of hydrogen-bond acceptors (Lipinski definition) is 14. The molecule has 6 aromatic rings. The van der Waals surface area contributed by atoms with Crippen molar-refractivity contribution < 1.29 is 54.7 Å². The van der Waals surface area contributed by atoms with E-state index in [1.54, 1.807) is 0 Å². The van der Waals surface area contributed by atoms with Crippen LogP contribution in [0, 0.1) is 83.1 Å². The van der Waals surface area contributed by atoms with E-state index >= 15 is 33.7 Å². The second-order valence-electron chi connectivity index (χ2n) is 27.9. The SMILES string of the molecule is CCN(CC)CCNS(=O)(=O)c1c(C)cc(C)c(C2=C3C=CC(=N3)C(c3c(C)cc(C)c(S(=O)(=O)NCCN(CC)CC)c3C)=c3ccc([n-]3)=C(c3c(C)cc(C)c(S(=O)(=O)NCCN(CC)CC)c3C)c3ccc4c(-c5c(C)cc(C)c(S(=O)(=O)NCCN(CC)CC)c5C)c5ccc2n5s[n+]3-4)c1C.[Fe]. The molecule has 0 atom stereocenters. The zero-order valence-corrected chi connectivity index (χ0v) is 70.7. The van der Waals surface area contributed by atoms with Gasteiger partial charge in [0.05, 0.1) is 42.1 Å². The summed E-state index contributed by atoms with van der Waals surface area (Å²) >= 11 is 1.39. The molecular weight excluding hydrogens is 1470 g/mol. The van der Waals surface area contributed by atoms with Crippen molar-refractivity contribution in [1.82, 2.24) is 47.3 Å². The number of aliphatic imine (C=N–C) groups is 1. The Morgan fingerprint density at radius 2 is 0.745 bits per heavy atom. The average molecular weight is 1580 g/mol. The first kappa shape index (κ1) is 83.7. The fourth-order valence-electron chi connectivity index (χ4n) is 16.3. The van der Waals surface area contributed by atoms with E-state index < -0.39 is 40.1 Å². The summed E-state index contributed by atoms with van der Waals surface area (Å²) in [6, 6.07) is 19.7. The van der Waals surface area contributed by atoms with E-state index in [4.69, 9.17) is 9.98 Å². The Morgan fingerprint density at radius 3 is 1.12 bits per heavy atom. The van der Waals surface area contributed by atoms with Crippen LogP contribution in [0.4, 0.5) is 0 Å². The molecule has 0 amide bonds. The number of sulfonamides is 4. The fraction of sp³-hybridized carbons (Fsp3) is 0.450.